The fourth-order valence-electron chi connectivity index (χ4n) is 1.43. The first kappa shape index (κ1) is 14.4. The van der Waals surface area contributed by atoms with E-state index in [1.54, 1.807) is 19.2 Å². The number of aromatic nitrogens is 2. The topological polar surface area (TPSA) is 76.1 Å². The van der Waals surface area contributed by atoms with Crippen LogP contribution in [0, 0.1) is 5.82 Å². The van der Waals surface area contributed by atoms with Crippen LogP contribution in [0.2, 0.25) is 0 Å². The fraction of sp³-hybridized carbons (Fsp3) is 0.250. The minimum atomic E-state index is -0.358. The van der Waals surface area contributed by atoms with Crippen molar-refractivity contribution in [3.05, 3.63) is 35.1 Å². The summed E-state index contributed by atoms with van der Waals surface area (Å²) in [5, 5.41) is 14.2. The second kappa shape index (κ2) is 6.92. The monoisotopic (exact) mass is 296 g/mol. The summed E-state index contributed by atoms with van der Waals surface area (Å²) in [6, 6.07) is 5.90. The maximum atomic E-state index is 12.9. The zero-order valence-electron chi connectivity index (χ0n) is 10.7. The van der Waals surface area contributed by atoms with E-state index in [4.69, 9.17) is 4.74 Å². The van der Waals surface area contributed by atoms with Gasteiger partial charge in [0.05, 0.1) is 6.54 Å². The lowest BCUT2D eigenvalue weighted by Crippen LogP contribution is -2.21. The van der Waals surface area contributed by atoms with Crippen molar-refractivity contribution in [3.63, 3.8) is 0 Å². The SMILES string of the molecule is COCc1nnc(NC(=O)CNc2cccc(F)c2)s1. The lowest BCUT2D eigenvalue weighted by atomic mass is 10.3. The molecule has 0 fully saturated rings. The standard InChI is InChI=1S/C12H13FN4O2S/c1-19-7-11-16-17-12(20-11)15-10(18)6-14-9-4-2-3-8(13)5-9/h2-5,14H,6-7H2,1H3,(H,15,17,18). The van der Waals surface area contributed by atoms with Gasteiger partial charge in [0.2, 0.25) is 11.0 Å². The van der Waals surface area contributed by atoms with E-state index in [-0.39, 0.29) is 18.3 Å². The number of carbonyl (C=O) groups excluding carboxylic acids is 1. The van der Waals surface area contributed by atoms with Crippen LogP contribution < -0.4 is 10.6 Å². The normalized spacial score (nSPS) is 10.3. The zero-order valence-corrected chi connectivity index (χ0v) is 11.5. The van der Waals surface area contributed by atoms with E-state index in [0.29, 0.717) is 22.4 Å². The minimum Gasteiger partial charge on any atom is -0.377 e. The van der Waals surface area contributed by atoms with Gasteiger partial charge in [-0.3, -0.25) is 10.1 Å². The highest BCUT2D eigenvalue weighted by atomic mass is 32.1. The number of nitrogens with zero attached hydrogens (tertiary/aromatic N) is 2. The Morgan fingerprint density at radius 2 is 2.30 bits per heavy atom. The third kappa shape index (κ3) is 4.25. The zero-order chi connectivity index (χ0) is 14.4. The lowest BCUT2D eigenvalue weighted by Gasteiger charge is -2.05. The number of hydrogen-bond donors (Lipinski definition) is 2. The Morgan fingerprint density at radius 1 is 1.45 bits per heavy atom. The van der Waals surface area contributed by atoms with Gasteiger partial charge < -0.3 is 10.1 Å². The summed E-state index contributed by atoms with van der Waals surface area (Å²) in [7, 11) is 1.56. The second-order valence-electron chi connectivity index (χ2n) is 3.85. The maximum absolute atomic E-state index is 12.9. The van der Waals surface area contributed by atoms with Gasteiger partial charge in [0.25, 0.3) is 0 Å². The van der Waals surface area contributed by atoms with Crippen LogP contribution in [0.3, 0.4) is 0 Å². The molecule has 0 spiro atoms. The summed E-state index contributed by atoms with van der Waals surface area (Å²) in [5.41, 5.74) is 0.539. The molecule has 0 radical (unpaired) electrons. The average molecular weight is 296 g/mol. The number of anilines is 2. The fourth-order valence-corrected chi connectivity index (χ4v) is 2.16. The van der Waals surface area contributed by atoms with Crippen LogP contribution in [0.15, 0.2) is 24.3 Å². The molecular weight excluding hydrogens is 283 g/mol. The maximum Gasteiger partial charge on any atom is 0.245 e. The molecule has 20 heavy (non-hydrogen) atoms. The molecule has 2 rings (SSSR count). The number of benzene rings is 1. The Hall–Kier alpha value is -2.06. The first-order chi connectivity index (χ1) is 9.67. The molecule has 0 saturated carbocycles. The first-order valence-electron chi connectivity index (χ1n) is 5.78. The molecule has 2 aromatic rings. The quantitative estimate of drug-likeness (QED) is 0.851. The van der Waals surface area contributed by atoms with Crippen molar-refractivity contribution in [1.82, 2.24) is 10.2 Å². The minimum absolute atomic E-state index is 0.0165. The second-order valence-corrected chi connectivity index (χ2v) is 4.91. The van der Waals surface area contributed by atoms with Crippen molar-refractivity contribution in [2.24, 2.45) is 0 Å². The average Bonchev–Trinajstić information content (AvgIpc) is 2.84. The number of methoxy groups -OCH3 is 1. The van der Waals surface area contributed by atoms with Crippen LogP contribution in [-0.4, -0.2) is 29.8 Å². The smallest absolute Gasteiger partial charge is 0.245 e. The van der Waals surface area contributed by atoms with Crippen LogP contribution in [0.5, 0.6) is 0 Å². The van der Waals surface area contributed by atoms with Gasteiger partial charge in [-0.1, -0.05) is 17.4 Å². The molecule has 6 nitrogen and oxygen atoms in total. The van der Waals surface area contributed by atoms with Gasteiger partial charge in [-0.25, -0.2) is 4.39 Å². The summed E-state index contributed by atoms with van der Waals surface area (Å²) in [6.45, 7) is 0.373. The van der Waals surface area contributed by atoms with Crippen LogP contribution in [0.4, 0.5) is 15.2 Å². The number of amides is 1. The van der Waals surface area contributed by atoms with Gasteiger partial charge in [-0.15, -0.1) is 10.2 Å². The summed E-state index contributed by atoms with van der Waals surface area (Å²) < 4.78 is 17.9. The lowest BCUT2D eigenvalue weighted by molar-refractivity contribution is -0.114. The van der Waals surface area contributed by atoms with Crippen LogP contribution in [-0.2, 0) is 16.1 Å². The molecule has 0 aliphatic rings. The summed E-state index contributed by atoms with van der Waals surface area (Å²) in [6.07, 6.45) is 0. The first-order valence-corrected chi connectivity index (χ1v) is 6.59. The van der Waals surface area contributed by atoms with Gasteiger partial charge in [0.15, 0.2) is 0 Å². The summed E-state index contributed by atoms with van der Waals surface area (Å²) in [4.78, 5) is 11.7. The van der Waals surface area contributed by atoms with Crippen LogP contribution in [0.25, 0.3) is 0 Å². The molecule has 0 atom stereocenters. The number of carbonyl (C=O) groups is 1. The predicted octanol–water partition coefficient (Wildman–Crippen LogP) is 1.87. The molecule has 0 aliphatic carbocycles. The van der Waals surface area contributed by atoms with Gasteiger partial charge in [0, 0.05) is 12.8 Å². The molecule has 0 saturated heterocycles. The van der Waals surface area contributed by atoms with Gasteiger partial charge in [-0.2, -0.15) is 0 Å². The third-order valence-electron chi connectivity index (χ3n) is 2.26. The number of rotatable bonds is 6. The molecule has 1 aromatic heterocycles. The van der Waals surface area contributed by atoms with E-state index in [2.05, 4.69) is 20.8 Å². The number of ether oxygens (including phenoxy) is 1. The highest BCUT2D eigenvalue weighted by Gasteiger charge is 2.08. The highest BCUT2D eigenvalue weighted by molar-refractivity contribution is 7.15. The van der Waals surface area contributed by atoms with Crippen molar-refractivity contribution in [1.29, 1.82) is 0 Å². The molecular formula is C12H13FN4O2S. The molecule has 1 heterocycles. The van der Waals surface area contributed by atoms with Crippen molar-refractivity contribution >= 4 is 28.1 Å². The van der Waals surface area contributed by atoms with Crippen molar-refractivity contribution in [3.8, 4) is 0 Å². The van der Waals surface area contributed by atoms with Crippen LogP contribution in [0.1, 0.15) is 5.01 Å². The molecule has 106 valence electrons. The van der Waals surface area contributed by atoms with Gasteiger partial charge in [0.1, 0.15) is 17.4 Å². The van der Waals surface area contributed by atoms with E-state index in [1.807, 2.05) is 0 Å². The van der Waals surface area contributed by atoms with Crippen LogP contribution >= 0.6 is 11.3 Å². The number of nitrogens with one attached hydrogen (secondary N) is 2. The molecule has 8 heteroatoms. The largest absolute Gasteiger partial charge is 0.377 e. The Labute approximate surface area is 119 Å². The van der Waals surface area contributed by atoms with E-state index in [9.17, 15) is 9.18 Å². The summed E-state index contributed by atoms with van der Waals surface area (Å²) >= 11 is 1.24. The van der Waals surface area contributed by atoms with E-state index in [1.165, 1.54) is 23.5 Å². The molecule has 0 unspecified atom stereocenters. The van der Waals surface area contributed by atoms with E-state index < -0.39 is 0 Å². The number of hydrogen-bond acceptors (Lipinski definition) is 6. The van der Waals surface area contributed by atoms with Crippen molar-refractivity contribution in [2.75, 3.05) is 24.3 Å². The Morgan fingerprint density at radius 3 is 3.05 bits per heavy atom. The van der Waals surface area contributed by atoms with Gasteiger partial charge in [-0.05, 0) is 18.2 Å². The summed E-state index contributed by atoms with van der Waals surface area (Å²) in [5.74, 6) is -0.641. The Balaban J connectivity index is 1.82. The van der Waals surface area contributed by atoms with E-state index >= 15 is 0 Å². The molecule has 0 bridgehead atoms. The van der Waals surface area contributed by atoms with E-state index in [0.717, 1.165) is 0 Å². The predicted molar refractivity (Wildman–Crippen MR) is 74.1 cm³/mol. The molecule has 2 N–H and O–H groups in total. The van der Waals surface area contributed by atoms with Gasteiger partial charge >= 0.3 is 0 Å². The molecule has 1 amide bonds. The third-order valence-corrected chi connectivity index (χ3v) is 3.07. The van der Waals surface area contributed by atoms with Crippen molar-refractivity contribution in [2.45, 2.75) is 6.61 Å². The number of halogens is 1. The molecule has 1 aromatic carbocycles. The molecule has 0 aliphatic heterocycles. The van der Waals surface area contributed by atoms with Crippen molar-refractivity contribution < 1.29 is 13.9 Å². The Bertz CT molecular complexity index is 590. The highest BCUT2D eigenvalue weighted by Crippen LogP contribution is 2.15. The Kier molecular flexibility index (Phi) is 4.97.